The van der Waals surface area contributed by atoms with Crippen molar-refractivity contribution in [3.63, 3.8) is 0 Å². The van der Waals surface area contributed by atoms with Gasteiger partial charge in [-0.25, -0.2) is 0 Å². The highest BCUT2D eigenvalue weighted by Gasteiger charge is 2.28. The molecule has 2 nitrogen and oxygen atoms in total. The monoisotopic (exact) mass is 301 g/mol. The van der Waals surface area contributed by atoms with Gasteiger partial charge in [0.25, 0.3) is 0 Å². The number of hydrogen-bond donors (Lipinski definition) is 1. The minimum absolute atomic E-state index is 0.312. The molecule has 0 bridgehead atoms. The summed E-state index contributed by atoms with van der Waals surface area (Å²) in [6.45, 7) is 0. The molecular weight excluding hydrogens is 286 g/mol. The first-order valence-corrected chi connectivity index (χ1v) is 7.54. The quantitative estimate of drug-likeness (QED) is 0.930. The molecule has 1 saturated carbocycles. The number of halogens is 1. The molecule has 1 aliphatic carbocycles. The molecule has 1 N–H and O–H groups in total. The summed E-state index contributed by atoms with van der Waals surface area (Å²) >= 11 is 3.42. The zero-order valence-corrected chi connectivity index (χ0v) is 11.7. The molecule has 0 saturated heterocycles. The Kier molecular flexibility index (Phi) is 4.16. The summed E-state index contributed by atoms with van der Waals surface area (Å²) in [5, 5.41) is 3.58. The maximum Gasteiger partial charge on any atom is 0.0561 e. The van der Waals surface area contributed by atoms with Crippen LogP contribution in [0.4, 0.5) is 0 Å². The average molecular weight is 302 g/mol. The van der Waals surface area contributed by atoms with E-state index in [0.29, 0.717) is 11.3 Å². The van der Waals surface area contributed by atoms with Crippen LogP contribution >= 0.6 is 15.9 Å². The van der Waals surface area contributed by atoms with Crippen LogP contribution in [-0.4, -0.2) is 22.5 Å². The molecule has 4 heteroatoms. The van der Waals surface area contributed by atoms with Gasteiger partial charge in [-0.2, -0.15) is 0 Å². The lowest BCUT2D eigenvalue weighted by molar-refractivity contribution is 0.581. The van der Waals surface area contributed by atoms with Crippen molar-refractivity contribution in [1.29, 1.82) is 0 Å². The van der Waals surface area contributed by atoms with Crippen LogP contribution in [0.1, 0.15) is 19.3 Å². The first-order chi connectivity index (χ1) is 7.70. The standard InChI is InChI=1S/C12H16BrNOS/c1-14-10-5-6-12(8-10)16(15)11-4-2-3-9(13)7-11/h2-4,7,10,12,14H,5-6,8H2,1H3. The Morgan fingerprint density at radius 2 is 2.25 bits per heavy atom. The van der Waals surface area contributed by atoms with E-state index in [4.69, 9.17) is 0 Å². The van der Waals surface area contributed by atoms with Gasteiger partial charge in [-0.05, 0) is 44.5 Å². The summed E-state index contributed by atoms with van der Waals surface area (Å²) in [5.74, 6) is 0. The van der Waals surface area contributed by atoms with E-state index in [9.17, 15) is 4.21 Å². The van der Waals surface area contributed by atoms with E-state index in [1.807, 2.05) is 31.3 Å². The third-order valence-electron chi connectivity index (χ3n) is 3.12. The third kappa shape index (κ3) is 2.73. The van der Waals surface area contributed by atoms with Crippen molar-refractivity contribution in [2.75, 3.05) is 7.05 Å². The summed E-state index contributed by atoms with van der Waals surface area (Å²) in [6, 6.07) is 8.37. The van der Waals surface area contributed by atoms with Crippen LogP contribution in [0.3, 0.4) is 0 Å². The largest absolute Gasteiger partial charge is 0.317 e. The van der Waals surface area contributed by atoms with Gasteiger partial charge in [0.05, 0.1) is 10.8 Å². The first kappa shape index (κ1) is 12.3. The maximum absolute atomic E-state index is 12.3. The van der Waals surface area contributed by atoms with Gasteiger partial charge in [0.2, 0.25) is 0 Å². The van der Waals surface area contributed by atoms with Gasteiger partial charge < -0.3 is 5.32 Å². The molecule has 88 valence electrons. The fraction of sp³-hybridized carbons (Fsp3) is 0.500. The van der Waals surface area contributed by atoms with Gasteiger partial charge in [-0.1, -0.05) is 22.0 Å². The van der Waals surface area contributed by atoms with E-state index in [1.165, 1.54) is 0 Å². The van der Waals surface area contributed by atoms with Crippen molar-refractivity contribution in [2.45, 2.75) is 35.4 Å². The topological polar surface area (TPSA) is 29.1 Å². The fourth-order valence-electron chi connectivity index (χ4n) is 2.18. The lowest BCUT2D eigenvalue weighted by Gasteiger charge is -2.11. The normalized spacial score (nSPS) is 26.9. The van der Waals surface area contributed by atoms with E-state index in [2.05, 4.69) is 21.2 Å². The second-order valence-corrected chi connectivity index (χ2v) is 6.82. The molecule has 3 unspecified atom stereocenters. The average Bonchev–Trinajstić information content (AvgIpc) is 2.76. The van der Waals surface area contributed by atoms with E-state index < -0.39 is 10.8 Å². The molecule has 0 aromatic heterocycles. The molecule has 0 radical (unpaired) electrons. The molecule has 1 fully saturated rings. The third-order valence-corrected chi connectivity index (χ3v) is 5.37. The maximum atomic E-state index is 12.3. The molecule has 0 heterocycles. The Morgan fingerprint density at radius 1 is 1.44 bits per heavy atom. The van der Waals surface area contributed by atoms with E-state index in [1.54, 1.807) is 0 Å². The predicted molar refractivity (Wildman–Crippen MR) is 71.0 cm³/mol. The zero-order chi connectivity index (χ0) is 11.5. The molecule has 1 aromatic carbocycles. The SMILES string of the molecule is CNC1CCC(S(=O)c2cccc(Br)c2)C1. The van der Waals surface area contributed by atoms with Crippen LogP contribution < -0.4 is 5.32 Å². The summed E-state index contributed by atoms with van der Waals surface area (Å²) in [5.41, 5.74) is 0. The Labute approximate surface area is 107 Å². The molecule has 2 rings (SSSR count). The second-order valence-electron chi connectivity index (χ2n) is 4.18. The molecule has 1 aliphatic rings. The van der Waals surface area contributed by atoms with E-state index in [-0.39, 0.29) is 0 Å². The van der Waals surface area contributed by atoms with Gasteiger partial charge in [0, 0.05) is 20.7 Å². The van der Waals surface area contributed by atoms with E-state index >= 15 is 0 Å². The molecular formula is C12H16BrNOS. The highest BCUT2D eigenvalue weighted by Crippen LogP contribution is 2.28. The number of rotatable bonds is 3. The Morgan fingerprint density at radius 3 is 2.88 bits per heavy atom. The summed E-state index contributed by atoms with van der Waals surface area (Å²) in [4.78, 5) is 0.941. The Hall–Kier alpha value is -0.190. The molecule has 3 atom stereocenters. The number of nitrogens with one attached hydrogen (secondary N) is 1. The molecule has 16 heavy (non-hydrogen) atoms. The minimum atomic E-state index is -0.861. The Balaban J connectivity index is 2.08. The number of hydrogen-bond acceptors (Lipinski definition) is 2. The van der Waals surface area contributed by atoms with Crippen LogP contribution in [0.5, 0.6) is 0 Å². The van der Waals surface area contributed by atoms with Crippen molar-refractivity contribution >= 4 is 26.7 Å². The van der Waals surface area contributed by atoms with Gasteiger partial charge in [0.1, 0.15) is 0 Å². The molecule has 1 aromatic rings. The molecule has 0 amide bonds. The van der Waals surface area contributed by atoms with Crippen LogP contribution in [0.25, 0.3) is 0 Å². The number of benzene rings is 1. The molecule has 0 spiro atoms. The fourth-order valence-corrected chi connectivity index (χ4v) is 4.33. The smallest absolute Gasteiger partial charge is 0.0561 e. The van der Waals surface area contributed by atoms with Crippen molar-refractivity contribution in [3.05, 3.63) is 28.7 Å². The zero-order valence-electron chi connectivity index (χ0n) is 9.28. The van der Waals surface area contributed by atoms with Crippen molar-refractivity contribution in [1.82, 2.24) is 5.32 Å². The van der Waals surface area contributed by atoms with Gasteiger partial charge in [-0.3, -0.25) is 4.21 Å². The summed E-state index contributed by atoms with van der Waals surface area (Å²) in [6.07, 6.45) is 3.22. The van der Waals surface area contributed by atoms with Gasteiger partial charge in [-0.15, -0.1) is 0 Å². The highest BCUT2D eigenvalue weighted by molar-refractivity contribution is 9.10. The summed E-state index contributed by atoms with van der Waals surface area (Å²) in [7, 11) is 1.12. The van der Waals surface area contributed by atoms with Crippen molar-refractivity contribution in [2.24, 2.45) is 0 Å². The van der Waals surface area contributed by atoms with Gasteiger partial charge >= 0.3 is 0 Å². The van der Waals surface area contributed by atoms with Crippen LogP contribution in [0.15, 0.2) is 33.6 Å². The predicted octanol–water partition coefficient (Wildman–Crippen LogP) is 2.70. The van der Waals surface area contributed by atoms with Crippen molar-refractivity contribution in [3.8, 4) is 0 Å². The first-order valence-electron chi connectivity index (χ1n) is 5.54. The van der Waals surface area contributed by atoms with E-state index in [0.717, 1.165) is 28.6 Å². The second kappa shape index (κ2) is 5.43. The Bertz CT molecular complexity index is 396. The van der Waals surface area contributed by atoms with Crippen LogP contribution in [0.2, 0.25) is 0 Å². The van der Waals surface area contributed by atoms with Crippen LogP contribution in [-0.2, 0) is 10.8 Å². The highest BCUT2D eigenvalue weighted by atomic mass is 79.9. The van der Waals surface area contributed by atoms with Gasteiger partial charge in [0.15, 0.2) is 0 Å². The lowest BCUT2D eigenvalue weighted by Crippen LogP contribution is -2.23. The van der Waals surface area contributed by atoms with Crippen molar-refractivity contribution < 1.29 is 4.21 Å². The van der Waals surface area contributed by atoms with Crippen LogP contribution in [0, 0.1) is 0 Å². The summed E-state index contributed by atoms with van der Waals surface area (Å²) < 4.78 is 13.3. The minimum Gasteiger partial charge on any atom is -0.317 e. The lowest BCUT2D eigenvalue weighted by atomic mass is 10.3. The molecule has 0 aliphatic heterocycles.